The van der Waals surface area contributed by atoms with Crippen molar-refractivity contribution < 1.29 is 14.3 Å². The number of fused-ring (bicyclic) bond motifs is 1. The van der Waals surface area contributed by atoms with Crippen molar-refractivity contribution in [3.05, 3.63) is 94.9 Å². The Kier molecular flexibility index (Phi) is 5.30. The molecule has 1 saturated heterocycles. The molecule has 0 spiro atoms. The molecule has 0 radical (unpaired) electrons. The summed E-state index contributed by atoms with van der Waals surface area (Å²) >= 11 is 0. The number of piperidine rings is 1. The number of carbonyl (C=O) groups is 1. The molecule has 168 valence electrons. The Balaban J connectivity index is 1.33. The quantitative estimate of drug-likeness (QED) is 0.523. The first-order valence-corrected chi connectivity index (χ1v) is 10.8. The van der Waals surface area contributed by atoms with E-state index in [9.17, 15) is 19.1 Å². The minimum atomic E-state index is -1.10. The zero-order chi connectivity index (χ0) is 23.0. The summed E-state index contributed by atoms with van der Waals surface area (Å²) in [6.45, 7) is 0.926. The number of halogens is 1. The third-order valence-corrected chi connectivity index (χ3v) is 6.24. The maximum atomic E-state index is 13.2. The predicted octanol–water partition coefficient (Wildman–Crippen LogP) is 2.99. The zero-order valence-corrected chi connectivity index (χ0v) is 17.9. The minimum absolute atomic E-state index is 0.0555. The maximum Gasteiger partial charge on any atom is 0.262 e. The summed E-state index contributed by atoms with van der Waals surface area (Å²) in [7, 11) is 0. The monoisotopic (exact) mass is 446 g/mol. The fourth-order valence-corrected chi connectivity index (χ4v) is 4.34. The van der Waals surface area contributed by atoms with Gasteiger partial charge in [-0.1, -0.05) is 18.2 Å². The maximum absolute atomic E-state index is 13.2. The Hall–Kier alpha value is -3.78. The number of likely N-dealkylation sites (tertiary alicyclic amines) is 1. The molecule has 3 heterocycles. The van der Waals surface area contributed by atoms with Gasteiger partial charge in [-0.05, 0) is 55.3 Å². The van der Waals surface area contributed by atoms with Gasteiger partial charge in [0.15, 0.2) is 5.65 Å². The molecule has 0 saturated carbocycles. The summed E-state index contributed by atoms with van der Waals surface area (Å²) in [6.07, 6.45) is 3.89. The second-order valence-electron chi connectivity index (χ2n) is 8.46. The molecule has 0 unspecified atom stereocenters. The number of hydrogen-bond donors (Lipinski definition) is 1. The SMILES string of the molecule is O=C(c1ccccc1)N1CCC(O)(Cn2cnc3c(ccn3-c3ccc(F)cc3)c2=O)CC1. The highest BCUT2D eigenvalue weighted by Gasteiger charge is 2.35. The highest BCUT2D eigenvalue weighted by molar-refractivity contribution is 5.94. The van der Waals surface area contributed by atoms with E-state index in [4.69, 9.17) is 0 Å². The lowest BCUT2D eigenvalue weighted by Crippen LogP contribution is -2.49. The standard InChI is InChI=1S/C25H23FN4O3/c26-19-6-8-20(9-7-19)30-13-10-21-22(30)27-17-29(24(21)32)16-25(33)11-14-28(15-12-25)23(31)18-4-2-1-3-5-18/h1-10,13,17,33H,11-12,14-16H2. The highest BCUT2D eigenvalue weighted by atomic mass is 19.1. The lowest BCUT2D eigenvalue weighted by molar-refractivity contribution is -0.0299. The van der Waals surface area contributed by atoms with Crippen LogP contribution < -0.4 is 5.56 Å². The van der Waals surface area contributed by atoms with E-state index in [2.05, 4.69) is 4.98 Å². The van der Waals surface area contributed by atoms with Crippen molar-refractivity contribution in [3.8, 4) is 5.69 Å². The van der Waals surface area contributed by atoms with Gasteiger partial charge in [-0.25, -0.2) is 9.37 Å². The summed E-state index contributed by atoms with van der Waals surface area (Å²) in [5, 5.41) is 11.6. The van der Waals surface area contributed by atoms with E-state index >= 15 is 0 Å². The van der Waals surface area contributed by atoms with Gasteiger partial charge < -0.3 is 14.6 Å². The van der Waals surface area contributed by atoms with Gasteiger partial charge >= 0.3 is 0 Å². The normalized spacial score (nSPS) is 15.6. The highest BCUT2D eigenvalue weighted by Crippen LogP contribution is 2.25. The smallest absolute Gasteiger partial charge is 0.262 e. The van der Waals surface area contributed by atoms with Gasteiger partial charge in [0.1, 0.15) is 12.1 Å². The van der Waals surface area contributed by atoms with Gasteiger partial charge in [0.25, 0.3) is 11.5 Å². The van der Waals surface area contributed by atoms with Crippen molar-refractivity contribution in [1.82, 2.24) is 19.0 Å². The Morgan fingerprint density at radius 2 is 1.73 bits per heavy atom. The molecular formula is C25H23FN4O3. The zero-order valence-electron chi connectivity index (χ0n) is 17.9. The molecule has 7 nitrogen and oxygen atoms in total. The molecule has 0 atom stereocenters. The van der Waals surface area contributed by atoms with Crippen molar-refractivity contribution >= 4 is 16.9 Å². The van der Waals surface area contributed by atoms with Crippen LogP contribution in [-0.4, -0.2) is 48.7 Å². The van der Waals surface area contributed by atoms with Gasteiger partial charge in [-0.3, -0.25) is 14.2 Å². The fraction of sp³-hybridized carbons (Fsp3) is 0.240. The van der Waals surface area contributed by atoms with Gasteiger partial charge in [0.05, 0.1) is 17.5 Å². The number of aliphatic hydroxyl groups is 1. The number of hydrogen-bond acceptors (Lipinski definition) is 4. The van der Waals surface area contributed by atoms with Gasteiger partial charge in [0.2, 0.25) is 0 Å². The molecule has 2 aromatic carbocycles. The van der Waals surface area contributed by atoms with Crippen molar-refractivity contribution in [1.29, 1.82) is 0 Å². The summed E-state index contributed by atoms with van der Waals surface area (Å²) in [4.78, 5) is 31.9. The number of carbonyl (C=O) groups excluding carboxylic acids is 1. The van der Waals surface area contributed by atoms with Crippen LogP contribution in [0.15, 0.2) is 78.0 Å². The Morgan fingerprint density at radius 1 is 1.03 bits per heavy atom. The van der Waals surface area contributed by atoms with E-state index in [0.717, 1.165) is 0 Å². The Morgan fingerprint density at radius 3 is 2.42 bits per heavy atom. The van der Waals surface area contributed by atoms with E-state index in [0.29, 0.717) is 48.2 Å². The predicted molar refractivity (Wildman–Crippen MR) is 122 cm³/mol. The molecule has 5 rings (SSSR count). The van der Waals surface area contributed by atoms with Crippen molar-refractivity contribution in [2.45, 2.75) is 25.0 Å². The van der Waals surface area contributed by atoms with Crippen LogP contribution >= 0.6 is 0 Å². The first kappa shape index (κ1) is 21.1. The topological polar surface area (TPSA) is 80.4 Å². The molecule has 1 amide bonds. The largest absolute Gasteiger partial charge is 0.388 e. The Bertz CT molecular complexity index is 1350. The summed E-state index contributed by atoms with van der Waals surface area (Å²) in [5.74, 6) is -0.393. The average Bonchev–Trinajstić information content (AvgIpc) is 3.27. The van der Waals surface area contributed by atoms with E-state index in [-0.39, 0.29) is 23.8 Å². The third kappa shape index (κ3) is 4.05. The molecule has 1 aliphatic heterocycles. The lowest BCUT2D eigenvalue weighted by atomic mass is 9.91. The second kappa shape index (κ2) is 8.29. The Labute approximate surface area is 189 Å². The van der Waals surface area contributed by atoms with E-state index in [1.165, 1.54) is 23.0 Å². The van der Waals surface area contributed by atoms with Crippen LogP contribution in [0.5, 0.6) is 0 Å². The van der Waals surface area contributed by atoms with Gasteiger partial charge in [0, 0.05) is 30.5 Å². The minimum Gasteiger partial charge on any atom is -0.388 e. The van der Waals surface area contributed by atoms with Crippen LogP contribution in [0, 0.1) is 5.82 Å². The van der Waals surface area contributed by atoms with Crippen LogP contribution in [0.3, 0.4) is 0 Å². The van der Waals surface area contributed by atoms with Gasteiger partial charge in [-0.2, -0.15) is 0 Å². The molecule has 1 aliphatic rings. The summed E-state index contributed by atoms with van der Waals surface area (Å²) in [6, 6.07) is 16.7. The molecule has 0 aliphatic carbocycles. The molecule has 0 bridgehead atoms. The third-order valence-electron chi connectivity index (χ3n) is 6.24. The first-order chi connectivity index (χ1) is 15.9. The van der Waals surface area contributed by atoms with E-state index < -0.39 is 5.60 Å². The first-order valence-electron chi connectivity index (χ1n) is 10.8. The fourth-order valence-electron chi connectivity index (χ4n) is 4.34. The molecule has 1 fully saturated rings. The molecule has 33 heavy (non-hydrogen) atoms. The molecule has 1 N–H and O–H groups in total. The van der Waals surface area contributed by atoms with Crippen LogP contribution in [0.4, 0.5) is 4.39 Å². The van der Waals surface area contributed by atoms with Crippen LogP contribution in [0.2, 0.25) is 0 Å². The number of amides is 1. The van der Waals surface area contributed by atoms with Gasteiger partial charge in [-0.15, -0.1) is 0 Å². The average molecular weight is 446 g/mol. The summed E-state index contributed by atoms with van der Waals surface area (Å²) in [5.41, 5.74) is 0.437. The number of rotatable bonds is 4. The molecule has 2 aromatic heterocycles. The number of nitrogens with zero attached hydrogens (tertiary/aromatic N) is 4. The van der Waals surface area contributed by atoms with E-state index in [1.54, 1.807) is 46.0 Å². The van der Waals surface area contributed by atoms with Crippen molar-refractivity contribution in [2.24, 2.45) is 0 Å². The van der Waals surface area contributed by atoms with Crippen LogP contribution in [0.1, 0.15) is 23.2 Å². The van der Waals surface area contributed by atoms with Crippen molar-refractivity contribution in [3.63, 3.8) is 0 Å². The molecular weight excluding hydrogens is 423 g/mol. The second-order valence-corrected chi connectivity index (χ2v) is 8.46. The number of aromatic nitrogens is 3. The number of benzene rings is 2. The van der Waals surface area contributed by atoms with Crippen LogP contribution in [-0.2, 0) is 6.54 Å². The lowest BCUT2D eigenvalue weighted by Gasteiger charge is -2.38. The molecule has 4 aromatic rings. The summed E-state index contributed by atoms with van der Waals surface area (Å²) < 4.78 is 16.4. The van der Waals surface area contributed by atoms with E-state index in [1.807, 2.05) is 18.2 Å². The van der Waals surface area contributed by atoms with Crippen LogP contribution in [0.25, 0.3) is 16.7 Å². The van der Waals surface area contributed by atoms with Crippen molar-refractivity contribution in [2.75, 3.05) is 13.1 Å². The molecule has 8 heteroatoms.